The maximum Gasteiger partial charge on any atom is 0.325 e. The molecule has 0 unspecified atom stereocenters. The molecule has 0 spiro atoms. The van der Waals surface area contributed by atoms with Gasteiger partial charge in [-0.1, -0.05) is 30.3 Å². The minimum atomic E-state index is -0.477. The smallest absolute Gasteiger partial charge is 0.325 e. The first-order chi connectivity index (χ1) is 12.6. The number of rotatable bonds is 5. The molecule has 6 heteroatoms. The Labute approximate surface area is 151 Å². The Bertz CT molecular complexity index is 859. The van der Waals surface area contributed by atoms with Gasteiger partial charge in [0.1, 0.15) is 18.9 Å². The second kappa shape index (κ2) is 7.82. The molecule has 0 aromatic heterocycles. The summed E-state index contributed by atoms with van der Waals surface area (Å²) in [6, 6.07) is 12.4. The zero-order valence-corrected chi connectivity index (χ0v) is 14.4. The van der Waals surface area contributed by atoms with Crippen molar-refractivity contribution < 1.29 is 23.9 Å². The number of amides is 1. The maximum absolute atomic E-state index is 12.7. The van der Waals surface area contributed by atoms with Gasteiger partial charge in [0.05, 0.1) is 18.6 Å². The molecule has 1 aliphatic heterocycles. The summed E-state index contributed by atoms with van der Waals surface area (Å²) < 4.78 is 10.5. The van der Waals surface area contributed by atoms with E-state index in [1.54, 1.807) is 31.2 Å². The Morgan fingerprint density at radius 3 is 2.77 bits per heavy atom. The first kappa shape index (κ1) is 17.7. The van der Waals surface area contributed by atoms with Crippen molar-refractivity contribution in [1.29, 1.82) is 0 Å². The highest BCUT2D eigenvalue weighted by molar-refractivity contribution is 6.12. The zero-order chi connectivity index (χ0) is 18.5. The van der Waals surface area contributed by atoms with E-state index in [0.717, 1.165) is 5.56 Å². The van der Waals surface area contributed by atoms with Crippen LogP contribution < -0.4 is 10.1 Å². The van der Waals surface area contributed by atoms with Crippen molar-refractivity contribution >= 4 is 17.7 Å². The number of ether oxygens (including phenoxy) is 2. The first-order valence-corrected chi connectivity index (χ1v) is 8.39. The largest absolute Gasteiger partial charge is 0.488 e. The molecule has 0 fully saturated rings. The van der Waals surface area contributed by atoms with Crippen LogP contribution >= 0.6 is 0 Å². The van der Waals surface area contributed by atoms with E-state index in [9.17, 15) is 14.4 Å². The van der Waals surface area contributed by atoms with Crippen LogP contribution in [-0.4, -0.2) is 30.8 Å². The predicted molar refractivity (Wildman–Crippen MR) is 94.0 cm³/mol. The number of hydrogen-bond donors (Lipinski definition) is 1. The van der Waals surface area contributed by atoms with Crippen molar-refractivity contribution in [3.8, 4) is 5.75 Å². The Morgan fingerprint density at radius 1 is 1.15 bits per heavy atom. The average Bonchev–Trinajstić information content (AvgIpc) is 2.78. The van der Waals surface area contributed by atoms with Crippen LogP contribution in [0.25, 0.3) is 0 Å². The summed E-state index contributed by atoms with van der Waals surface area (Å²) in [5, 5.41) is 2.51. The van der Waals surface area contributed by atoms with E-state index >= 15 is 0 Å². The van der Waals surface area contributed by atoms with Gasteiger partial charge in [0.2, 0.25) is 5.91 Å². The first-order valence-electron chi connectivity index (χ1n) is 8.39. The van der Waals surface area contributed by atoms with Gasteiger partial charge in [-0.15, -0.1) is 0 Å². The molecule has 0 aliphatic carbocycles. The third kappa shape index (κ3) is 3.91. The number of nitrogens with one attached hydrogen (secondary N) is 1. The highest BCUT2D eigenvalue weighted by atomic mass is 16.5. The summed E-state index contributed by atoms with van der Waals surface area (Å²) in [4.78, 5) is 35.9. The second-order valence-corrected chi connectivity index (χ2v) is 5.86. The molecule has 134 valence electrons. The van der Waals surface area contributed by atoms with E-state index in [1.807, 2.05) is 18.2 Å². The molecule has 6 nitrogen and oxygen atoms in total. The number of fused-ring (bicyclic) bond motifs is 2. The lowest BCUT2D eigenvalue weighted by Gasteiger charge is -2.09. The molecule has 0 atom stereocenters. The standard InChI is InChI=1S/C20H19NO5/c1-2-25-19(23)11-21-18(22)10-13-7-8-16-17(9-13)26-12-14-5-3-4-6-15(14)20(16)24/h3-9H,2,10-12H2,1H3,(H,21,22). The minimum Gasteiger partial charge on any atom is -0.488 e. The molecular formula is C20H19NO5. The quantitative estimate of drug-likeness (QED) is 0.832. The fourth-order valence-electron chi connectivity index (χ4n) is 2.78. The number of ketones is 1. The van der Waals surface area contributed by atoms with Gasteiger partial charge in [-0.3, -0.25) is 14.4 Å². The molecule has 0 radical (unpaired) electrons. The molecule has 1 heterocycles. The molecule has 0 saturated heterocycles. The van der Waals surface area contributed by atoms with E-state index in [2.05, 4.69) is 5.32 Å². The summed E-state index contributed by atoms with van der Waals surface area (Å²) in [5.74, 6) is -0.413. The van der Waals surface area contributed by atoms with E-state index in [4.69, 9.17) is 9.47 Å². The lowest BCUT2D eigenvalue weighted by atomic mass is 9.98. The molecule has 26 heavy (non-hydrogen) atoms. The van der Waals surface area contributed by atoms with Crippen LogP contribution in [0, 0.1) is 0 Å². The Balaban J connectivity index is 1.71. The molecule has 1 N–H and O–H groups in total. The highest BCUT2D eigenvalue weighted by Crippen LogP contribution is 2.29. The molecule has 2 aromatic carbocycles. The number of benzene rings is 2. The zero-order valence-electron chi connectivity index (χ0n) is 14.4. The second-order valence-electron chi connectivity index (χ2n) is 5.86. The number of carbonyl (C=O) groups excluding carboxylic acids is 3. The maximum atomic E-state index is 12.7. The van der Waals surface area contributed by atoms with Crippen LogP contribution in [0.5, 0.6) is 5.75 Å². The minimum absolute atomic E-state index is 0.0805. The van der Waals surface area contributed by atoms with Crippen LogP contribution in [0.1, 0.15) is 34.0 Å². The Kier molecular flexibility index (Phi) is 5.31. The van der Waals surface area contributed by atoms with Gasteiger partial charge in [-0.25, -0.2) is 0 Å². The SMILES string of the molecule is CCOC(=O)CNC(=O)Cc1ccc2c(c1)OCc1ccccc1C2=O. The van der Waals surface area contributed by atoms with Gasteiger partial charge in [-0.2, -0.15) is 0 Å². The van der Waals surface area contributed by atoms with E-state index in [1.165, 1.54) is 0 Å². The van der Waals surface area contributed by atoms with Crippen molar-refractivity contribution in [3.63, 3.8) is 0 Å². The molecule has 0 bridgehead atoms. The summed E-state index contributed by atoms with van der Waals surface area (Å²) >= 11 is 0. The van der Waals surface area contributed by atoms with Crippen LogP contribution in [0.4, 0.5) is 0 Å². The number of hydrogen-bond acceptors (Lipinski definition) is 5. The van der Waals surface area contributed by atoms with E-state index in [0.29, 0.717) is 29.0 Å². The normalized spacial score (nSPS) is 12.3. The number of esters is 1. The van der Waals surface area contributed by atoms with Gasteiger partial charge < -0.3 is 14.8 Å². The summed E-state index contributed by atoms with van der Waals surface area (Å²) in [6.45, 7) is 2.11. The molecule has 1 aliphatic rings. The van der Waals surface area contributed by atoms with Crippen molar-refractivity contribution in [3.05, 3.63) is 64.7 Å². The van der Waals surface area contributed by atoms with Crippen LogP contribution in [0.15, 0.2) is 42.5 Å². The van der Waals surface area contributed by atoms with Crippen LogP contribution in [0.3, 0.4) is 0 Å². The lowest BCUT2D eigenvalue weighted by Crippen LogP contribution is -2.31. The van der Waals surface area contributed by atoms with E-state index < -0.39 is 5.97 Å². The van der Waals surface area contributed by atoms with Crippen molar-refractivity contribution in [2.24, 2.45) is 0 Å². The fraction of sp³-hybridized carbons (Fsp3) is 0.250. The Hall–Kier alpha value is -3.15. The highest BCUT2D eigenvalue weighted by Gasteiger charge is 2.22. The molecule has 0 saturated carbocycles. The van der Waals surface area contributed by atoms with Gasteiger partial charge in [0, 0.05) is 11.1 Å². The molecule has 1 amide bonds. The van der Waals surface area contributed by atoms with Crippen LogP contribution in [0.2, 0.25) is 0 Å². The van der Waals surface area contributed by atoms with Crippen molar-refractivity contribution in [2.45, 2.75) is 20.0 Å². The van der Waals surface area contributed by atoms with Gasteiger partial charge in [0.15, 0.2) is 5.78 Å². The average molecular weight is 353 g/mol. The third-order valence-corrected chi connectivity index (χ3v) is 4.04. The van der Waals surface area contributed by atoms with Gasteiger partial charge in [0.25, 0.3) is 0 Å². The van der Waals surface area contributed by atoms with Gasteiger partial charge in [-0.05, 0) is 24.6 Å². The predicted octanol–water partition coefficient (Wildman–Crippen LogP) is 2.03. The topological polar surface area (TPSA) is 81.7 Å². The molecule has 2 aromatic rings. The third-order valence-electron chi connectivity index (χ3n) is 4.04. The van der Waals surface area contributed by atoms with Crippen molar-refractivity contribution in [1.82, 2.24) is 5.32 Å². The van der Waals surface area contributed by atoms with Gasteiger partial charge >= 0.3 is 5.97 Å². The monoisotopic (exact) mass is 353 g/mol. The summed E-state index contributed by atoms with van der Waals surface area (Å²) in [6.07, 6.45) is 0.0805. The van der Waals surface area contributed by atoms with Crippen LogP contribution in [-0.2, 0) is 27.4 Å². The van der Waals surface area contributed by atoms with E-state index in [-0.39, 0.29) is 31.3 Å². The summed E-state index contributed by atoms with van der Waals surface area (Å²) in [7, 11) is 0. The molecular weight excluding hydrogens is 334 g/mol. The van der Waals surface area contributed by atoms with Crippen molar-refractivity contribution in [2.75, 3.05) is 13.2 Å². The lowest BCUT2D eigenvalue weighted by molar-refractivity contribution is -0.143. The molecule has 3 rings (SSSR count). The summed E-state index contributed by atoms with van der Waals surface area (Å²) in [5.41, 5.74) is 2.64. The fourth-order valence-corrected chi connectivity index (χ4v) is 2.78. The number of carbonyl (C=O) groups is 3. The Morgan fingerprint density at radius 2 is 1.96 bits per heavy atom.